The molecular formula is C21H32IN5O. The van der Waals surface area contributed by atoms with Crippen molar-refractivity contribution in [1.29, 1.82) is 0 Å². The van der Waals surface area contributed by atoms with Crippen LogP contribution in [0.4, 0.5) is 0 Å². The Morgan fingerprint density at radius 2 is 2.25 bits per heavy atom. The molecule has 0 aliphatic carbocycles. The van der Waals surface area contributed by atoms with E-state index in [-0.39, 0.29) is 24.0 Å². The zero-order chi connectivity index (χ0) is 19.1. The van der Waals surface area contributed by atoms with E-state index in [2.05, 4.69) is 51.6 Å². The minimum absolute atomic E-state index is 0. The van der Waals surface area contributed by atoms with E-state index in [0.29, 0.717) is 5.92 Å². The molecule has 2 aromatic rings. The number of aryl methyl sites for hydroxylation is 1. The molecule has 154 valence electrons. The van der Waals surface area contributed by atoms with E-state index in [0.717, 1.165) is 57.2 Å². The van der Waals surface area contributed by atoms with Crippen molar-refractivity contribution in [2.24, 2.45) is 12.0 Å². The maximum Gasteiger partial charge on any atom is 0.193 e. The molecule has 1 fully saturated rings. The predicted molar refractivity (Wildman–Crippen MR) is 125 cm³/mol. The second-order valence-electron chi connectivity index (χ2n) is 7.13. The molecule has 0 amide bonds. The van der Waals surface area contributed by atoms with Gasteiger partial charge in [0.05, 0.1) is 12.8 Å². The van der Waals surface area contributed by atoms with Crippen LogP contribution in [0.5, 0.6) is 5.75 Å². The summed E-state index contributed by atoms with van der Waals surface area (Å²) in [4.78, 5) is 6.81. The van der Waals surface area contributed by atoms with Gasteiger partial charge in [0.25, 0.3) is 0 Å². The van der Waals surface area contributed by atoms with Gasteiger partial charge in [-0.1, -0.05) is 25.5 Å². The lowest BCUT2D eigenvalue weighted by Crippen LogP contribution is -2.39. The number of likely N-dealkylation sites (tertiary alicyclic amines) is 1. The normalized spacial score (nSPS) is 16.8. The van der Waals surface area contributed by atoms with E-state index in [1.165, 1.54) is 11.1 Å². The molecule has 1 atom stereocenters. The molecule has 3 rings (SSSR count). The van der Waals surface area contributed by atoms with Crippen molar-refractivity contribution in [3.8, 4) is 5.75 Å². The topological polar surface area (TPSA) is 54.7 Å². The predicted octanol–water partition coefficient (Wildman–Crippen LogP) is 3.78. The maximum atomic E-state index is 5.81. The van der Waals surface area contributed by atoms with Gasteiger partial charge in [-0.2, -0.15) is 5.10 Å². The Kier molecular flexibility index (Phi) is 9.08. The number of hydrogen-bond donors (Lipinski definition) is 1. The van der Waals surface area contributed by atoms with Gasteiger partial charge >= 0.3 is 0 Å². The van der Waals surface area contributed by atoms with Gasteiger partial charge in [0.15, 0.2) is 5.96 Å². The number of aromatic nitrogens is 2. The maximum absolute atomic E-state index is 5.81. The van der Waals surface area contributed by atoms with Crippen LogP contribution in [0, 0.1) is 0 Å². The number of nitrogens with zero attached hydrogens (tertiary/aromatic N) is 4. The second kappa shape index (κ2) is 11.3. The van der Waals surface area contributed by atoms with E-state index in [9.17, 15) is 0 Å². The highest BCUT2D eigenvalue weighted by Gasteiger charge is 2.26. The third kappa shape index (κ3) is 6.12. The molecule has 1 aromatic carbocycles. The van der Waals surface area contributed by atoms with Gasteiger partial charge in [0.2, 0.25) is 0 Å². The molecule has 0 saturated carbocycles. The number of aliphatic imine (C=N–C) groups is 1. The molecule has 6 nitrogen and oxygen atoms in total. The summed E-state index contributed by atoms with van der Waals surface area (Å²) in [5, 5.41) is 7.80. The van der Waals surface area contributed by atoms with Crippen molar-refractivity contribution < 1.29 is 4.74 Å². The smallest absolute Gasteiger partial charge is 0.193 e. The molecule has 1 N–H and O–H groups in total. The molecule has 28 heavy (non-hydrogen) atoms. The third-order valence-electron chi connectivity index (χ3n) is 5.01. The molecular weight excluding hydrogens is 465 g/mol. The second-order valence-corrected chi connectivity index (χ2v) is 7.13. The molecule has 0 spiro atoms. The molecule has 1 saturated heterocycles. The molecule has 1 aliphatic rings. The summed E-state index contributed by atoms with van der Waals surface area (Å²) in [6, 6.07) is 8.30. The first-order valence-electron chi connectivity index (χ1n) is 9.85. The SMILES string of the molecule is CCCCOc1cccc(CNC(=NC)N2CCC(c3cnn(C)c3)C2)c1.I. The van der Waals surface area contributed by atoms with E-state index >= 15 is 0 Å². The van der Waals surface area contributed by atoms with Crippen LogP contribution >= 0.6 is 24.0 Å². The lowest BCUT2D eigenvalue weighted by Gasteiger charge is -2.21. The Morgan fingerprint density at radius 1 is 1.39 bits per heavy atom. The molecule has 0 bridgehead atoms. The first-order chi connectivity index (χ1) is 13.2. The molecule has 0 radical (unpaired) electrons. The number of rotatable bonds is 7. The Hall–Kier alpha value is -1.77. The van der Waals surface area contributed by atoms with Gasteiger partial charge in [-0.25, -0.2) is 0 Å². The van der Waals surface area contributed by atoms with Crippen molar-refractivity contribution >= 4 is 29.9 Å². The molecule has 1 unspecified atom stereocenters. The minimum Gasteiger partial charge on any atom is -0.494 e. The Balaban J connectivity index is 0.00000280. The number of unbranched alkanes of at least 4 members (excludes halogenated alkanes) is 1. The van der Waals surface area contributed by atoms with Crippen LogP contribution in [0.2, 0.25) is 0 Å². The lowest BCUT2D eigenvalue weighted by atomic mass is 10.0. The monoisotopic (exact) mass is 497 g/mol. The van der Waals surface area contributed by atoms with Crippen LogP contribution in [0.15, 0.2) is 41.7 Å². The molecule has 7 heteroatoms. The lowest BCUT2D eigenvalue weighted by molar-refractivity contribution is 0.309. The zero-order valence-corrected chi connectivity index (χ0v) is 19.4. The fourth-order valence-electron chi connectivity index (χ4n) is 3.47. The van der Waals surface area contributed by atoms with Crippen LogP contribution in [0.3, 0.4) is 0 Å². The van der Waals surface area contributed by atoms with Gasteiger partial charge in [-0.15, -0.1) is 24.0 Å². The summed E-state index contributed by atoms with van der Waals surface area (Å²) in [7, 11) is 3.82. The molecule has 2 heterocycles. The van der Waals surface area contributed by atoms with Gasteiger partial charge in [-0.3, -0.25) is 9.67 Å². The summed E-state index contributed by atoms with van der Waals surface area (Å²) in [5.74, 6) is 2.42. The first kappa shape index (κ1) is 22.5. The van der Waals surface area contributed by atoms with E-state index in [1.54, 1.807) is 0 Å². The third-order valence-corrected chi connectivity index (χ3v) is 5.01. The number of hydrogen-bond acceptors (Lipinski definition) is 3. The van der Waals surface area contributed by atoms with Gasteiger partial charge < -0.3 is 15.0 Å². The largest absolute Gasteiger partial charge is 0.494 e. The van der Waals surface area contributed by atoms with Crippen LogP contribution in [0.25, 0.3) is 0 Å². The highest BCUT2D eigenvalue weighted by Crippen LogP contribution is 2.26. The Morgan fingerprint density at radius 3 is 2.96 bits per heavy atom. The van der Waals surface area contributed by atoms with E-state index in [4.69, 9.17) is 4.74 Å². The average molecular weight is 497 g/mol. The first-order valence-corrected chi connectivity index (χ1v) is 9.85. The number of halogens is 1. The number of ether oxygens (including phenoxy) is 1. The number of guanidine groups is 1. The van der Waals surface area contributed by atoms with Crippen molar-refractivity contribution in [3.63, 3.8) is 0 Å². The highest BCUT2D eigenvalue weighted by molar-refractivity contribution is 14.0. The van der Waals surface area contributed by atoms with Crippen molar-refractivity contribution in [2.75, 3.05) is 26.7 Å². The fourth-order valence-corrected chi connectivity index (χ4v) is 3.47. The van der Waals surface area contributed by atoms with Gasteiger partial charge in [-0.05, 0) is 36.1 Å². The van der Waals surface area contributed by atoms with Crippen molar-refractivity contribution in [1.82, 2.24) is 20.0 Å². The quantitative estimate of drug-likeness (QED) is 0.274. The summed E-state index contributed by atoms with van der Waals surface area (Å²) >= 11 is 0. The van der Waals surface area contributed by atoms with E-state index < -0.39 is 0 Å². The van der Waals surface area contributed by atoms with Crippen molar-refractivity contribution in [3.05, 3.63) is 47.8 Å². The van der Waals surface area contributed by atoms with E-state index in [1.807, 2.05) is 31.0 Å². The van der Waals surface area contributed by atoms with Gasteiger partial charge in [0.1, 0.15) is 5.75 Å². The number of nitrogens with one attached hydrogen (secondary N) is 1. The van der Waals surface area contributed by atoms with Gasteiger partial charge in [0, 0.05) is 45.8 Å². The molecule has 1 aliphatic heterocycles. The number of benzene rings is 1. The van der Waals surface area contributed by atoms with Crippen LogP contribution in [-0.4, -0.2) is 47.4 Å². The Bertz CT molecular complexity index is 761. The Labute approximate surface area is 185 Å². The van der Waals surface area contributed by atoms with Crippen molar-refractivity contribution in [2.45, 2.75) is 38.6 Å². The summed E-state index contributed by atoms with van der Waals surface area (Å²) in [5.41, 5.74) is 2.51. The minimum atomic E-state index is 0. The molecule has 1 aromatic heterocycles. The fraction of sp³-hybridized carbons (Fsp3) is 0.524. The van der Waals surface area contributed by atoms with Crippen LogP contribution in [-0.2, 0) is 13.6 Å². The van der Waals surface area contributed by atoms with Crippen LogP contribution < -0.4 is 10.1 Å². The summed E-state index contributed by atoms with van der Waals surface area (Å²) in [6.07, 6.45) is 7.46. The zero-order valence-electron chi connectivity index (χ0n) is 17.1. The standard InChI is InChI=1S/C21H31N5O.HI/c1-4-5-11-27-20-8-6-7-17(12-20)13-23-21(22-2)26-10-9-18(16-26)19-14-24-25(3)15-19;/h6-8,12,14-15,18H,4-5,9-11,13,16H2,1-3H3,(H,22,23);1H. The summed E-state index contributed by atoms with van der Waals surface area (Å²) < 4.78 is 7.68. The highest BCUT2D eigenvalue weighted by atomic mass is 127. The summed E-state index contributed by atoms with van der Waals surface area (Å²) in [6.45, 7) is 5.68. The average Bonchev–Trinajstić information content (AvgIpc) is 3.32. The van der Waals surface area contributed by atoms with Crippen LogP contribution in [0.1, 0.15) is 43.2 Å².